The Balaban J connectivity index is 3.60. The van der Waals surface area contributed by atoms with E-state index >= 15 is 0 Å². The van der Waals surface area contributed by atoms with Crippen LogP contribution in [0.2, 0.25) is 0 Å². The van der Waals surface area contributed by atoms with Crippen LogP contribution in [0, 0.1) is 0 Å². The van der Waals surface area contributed by atoms with E-state index < -0.39 is 26.5 Å². The first-order chi connectivity index (χ1) is 30.3. The first-order valence-electron chi connectivity index (χ1n) is 25.3. The van der Waals surface area contributed by atoms with Crippen LogP contribution < -0.4 is 5.32 Å². The summed E-state index contributed by atoms with van der Waals surface area (Å²) in [5.41, 5.74) is 0. The van der Waals surface area contributed by atoms with Gasteiger partial charge in [0.1, 0.15) is 12.7 Å². The highest BCUT2D eigenvalue weighted by Gasteiger charge is 2.23. The Labute approximate surface area is 380 Å². The van der Waals surface area contributed by atoms with Crippen molar-refractivity contribution in [2.45, 2.75) is 232 Å². The molecule has 0 aliphatic rings. The van der Waals surface area contributed by atoms with Crippen molar-refractivity contribution in [1.82, 2.24) is 5.32 Å². The molecule has 360 valence electrons. The molecule has 0 aromatic carbocycles. The fourth-order valence-electron chi connectivity index (χ4n) is 6.83. The Morgan fingerprint density at radius 1 is 0.500 bits per heavy atom. The van der Waals surface area contributed by atoms with Crippen LogP contribution in [0.15, 0.2) is 60.8 Å². The van der Waals surface area contributed by atoms with E-state index in [2.05, 4.69) is 79.9 Å². The third kappa shape index (κ3) is 48.7. The highest BCUT2D eigenvalue weighted by Crippen LogP contribution is 2.42. The molecule has 0 radical (unpaired) electrons. The molecule has 62 heavy (non-hydrogen) atoms. The van der Waals surface area contributed by atoms with E-state index in [1.807, 2.05) is 0 Å². The van der Waals surface area contributed by atoms with Gasteiger partial charge in [0.25, 0.3) is 0 Å². The Bertz CT molecular complexity index is 1200. The number of phosphoric acid groups is 1. The number of carbonyl (C=O) groups excluding carboxylic acids is 2. The number of ether oxygens (including phenoxy) is 1. The van der Waals surface area contributed by atoms with Gasteiger partial charge in [-0.15, -0.1) is 0 Å². The molecule has 0 bridgehead atoms. The summed E-state index contributed by atoms with van der Waals surface area (Å²) < 4.78 is 27.0. The number of aliphatic hydroxyl groups excluding tert-OH is 1. The van der Waals surface area contributed by atoms with Gasteiger partial charge in [0.05, 0.1) is 13.2 Å². The number of rotatable bonds is 47. The van der Waals surface area contributed by atoms with Crippen LogP contribution in [0.25, 0.3) is 0 Å². The molecule has 10 heteroatoms. The molecule has 3 N–H and O–H groups in total. The van der Waals surface area contributed by atoms with Crippen LogP contribution in [0.4, 0.5) is 0 Å². The first kappa shape index (κ1) is 59.7. The summed E-state index contributed by atoms with van der Waals surface area (Å²) in [6.07, 6.45) is 58.7. The quantitative estimate of drug-likeness (QED) is 0.0238. The van der Waals surface area contributed by atoms with Gasteiger partial charge in [-0.05, 0) is 83.5 Å². The van der Waals surface area contributed by atoms with Gasteiger partial charge in [-0.25, -0.2) is 4.57 Å². The van der Waals surface area contributed by atoms with Crippen LogP contribution in [0.3, 0.4) is 0 Å². The van der Waals surface area contributed by atoms with E-state index in [-0.39, 0.29) is 32.1 Å². The van der Waals surface area contributed by atoms with Crippen LogP contribution in [0.1, 0.15) is 226 Å². The standard InChI is InChI=1S/C52H94NO8P/c1-3-5-7-9-11-13-15-17-19-21-23-24-25-26-27-28-30-32-34-36-38-40-42-44-51(55)53-46-47-60-62(57,58)61-49-50(54)48-59-52(56)45-43-41-39-37-35-33-31-29-22-20-18-16-14-12-10-8-6-4-2/h11,13,17,19-20,22-24,26-27,50,54H,3-10,12,14-16,18,21,25,28-49H2,1-2H3,(H,53,55)(H,57,58)/b13-11-,19-17-,22-20-,24-23-,27-26-. The summed E-state index contributed by atoms with van der Waals surface area (Å²) in [7, 11) is -4.43. The second-order valence-corrected chi connectivity index (χ2v) is 18.2. The molecule has 0 rings (SSSR count). The predicted octanol–water partition coefficient (Wildman–Crippen LogP) is 14.8. The van der Waals surface area contributed by atoms with E-state index in [0.29, 0.717) is 6.42 Å². The minimum Gasteiger partial charge on any atom is -0.463 e. The molecule has 0 saturated heterocycles. The van der Waals surface area contributed by atoms with Crippen molar-refractivity contribution in [3.05, 3.63) is 60.8 Å². The minimum atomic E-state index is -4.43. The maximum atomic E-state index is 12.1. The minimum absolute atomic E-state index is 0.0728. The zero-order valence-corrected chi connectivity index (χ0v) is 40.7. The molecule has 2 unspecified atom stereocenters. The number of hydrogen-bond acceptors (Lipinski definition) is 7. The lowest BCUT2D eigenvalue weighted by Gasteiger charge is -2.15. The predicted molar refractivity (Wildman–Crippen MR) is 261 cm³/mol. The molecular formula is C52H94NO8P. The number of amides is 1. The van der Waals surface area contributed by atoms with E-state index in [0.717, 1.165) is 70.6 Å². The molecule has 0 fully saturated rings. The van der Waals surface area contributed by atoms with Crippen LogP contribution in [-0.2, 0) is 27.9 Å². The summed E-state index contributed by atoms with van der Waals surface area (Å²) in [6, 6.07) is 0. The lowest BCUT2D eigenvalue weighted by molar-refractivity contribution is -0.147. The number of aliphatic hydroxyl groups is 1. The van der Waals surface area contributed by atoms with Crippen molar-refractivity contribution in [2.24, 2.45) is 0 Å². The summed E-state index contributed by atoms with van der Waals surface area (Å²) >= 11 is 0. The molecule has 0 saturated carbocycles. The number of carbonyl (C=O) groups is 2. The Morgan fingerprint density at radius 3 is 1.35 bits per heavy atom. The topological polar surface area (TPSA) is 131 Å². The maximum absolute atomic E-state index is 12.1. The van der Waals surface area contributed by atoms with Gasteiger partial charge in [0.15, 0.2) is 0 Å². The van der Waals surface area contributed by atoms with Gasteiger partial charge in [0.2, 0.25) is 5.91 Å². The Morgan fingerprint density at radius 2 is 0.871 bits per heavy atom. The van der Waals surface area contributed by atoms with Gasteiger partial charge in [-0.3, -0.25) is 18.6 Å². The SMILES string of the molecule is CCCCC/C=C\C/C=C\C/C=C\C/C=C\CCCCCCCCCC(=O)NCCOP(=O)(O)OCC(O)COC(=O)CCCCCCCCC/C=C\CCCCCCCCC. The second-order valence-electron chi connectivity index (χ2n) is 16.8. The molecular weight excluding hydrogens is 798 g/mol. The Kier molecular flexibility index (Phi) is 46.4. The van der Waals surface area contributed by atoms with Gasteiger partial charge in [0, 0.05) is 19.4 Å². The molecule has 0 aromatic rings. The lowest BCUT2D eigenvalue weighted by Crippen LogP contribution is -2.27. The van der Waals surface area contributed by atoms with Crippen LogP contribution in [-0.4, -0.2) is 54.3 Å². The third-order valence-corrected chi connectivity index (χ3v) is 11.7. The average molecular weight is 892 g/mol. The fraction of sp³-hybridized carbons (Fsp3) is 0.769. The highest BCUT2D eigenvalue weighted by molar-refractivity contribution is 7.47. The molecule has 9 nitrogen and oxygen atoms in total. The van der Waals surface area contributed by atoms with E-state index in [4.69, 9.17) is 13.8 Å². The third-order valence-electron chi connectivity index (χ3n) is 10.7. The summed E-state index contributed by atoms with van der Waals surface area (Å²) in [5.74, 6) is -0.530. The zero-order valence-electron chi connectivity index (χ0n) is 39.8. The van der Waals surface area contributed by atoms with Crippen LogP contribution in [0.5, 0.6) is 0 Å². The first-order valence-corrected chi connectivity index (χ1v) is 26.8. The highest BCUT2D eigenvalue weighted by atomic mass is 31.2. The van der Waals surface area contributed by atoms with E-state index in [9.17, 15) is 24.2 Å². The summed E-state index contributed by atoms with van der Waals surface area (Å²) in [6.45, 7) is 3.52. The molecule has 0 spiro atoms. The van der Waals surface area contributed by atoms with Gasteiger partial charge in [-0.1, -0.05) is 190 Å². The smallest absolute Gasteiger partial charge is 0.463 e. The number of nitrogens with one attached hydrogen (secondary N) is 1. The molecule has 1 amide bonds. The van der Waals surface area contributed by atoms with Gasteiger partial charge < -0.3 is 20.1 Å². The van der Waals surface area contributed by atoms with Gasteiger partial charge in [-0.2, -0.15) is 0 Å². The largest absolute Gasteiger partial charge is 0.472 e. The average Bonchev–Trinajstić information content (AvgIpc) is 3.26. The summed E-state index contributed by atoms with van der Waals surface area (Å²) in [5, 5.41) is 12.7. The molecule has 0 heterocycles. The molecule has 2 atom stereocenters. The van der Waals surface area contributed by atoms with E-state index in [1.165, 1.54) is 128 Å². The van der Waals surface area contributed by atoms with Crippen molar-refractivity contribution in [1.29, 1.82) is 0 Å². The van der Waals surface area contributed by atoms with Crippen molar-refractivity contribution in [2.75, 3.05) is 26.4 Å². The number of hydrogen-bond donors (Lipinski definition) is 3. The molecule has 0 aliphatic carbocycles. The normalized spacial score (nSPS) is 13.7. The second kappa shape index (κ2) is 48.2. The monoisotopic (exact) mass is 892 g/mol. The van der Waals surface area contributed by atoms with E-state index in [1.54, 1.807) is 0 Å². The molecule has 0 aromatic heterocycles. The van der Waals surface area contributed by atoms with Crippen molar-refractivity contribution >= 4 is 19.7 Å². The number of unbranched alkanes of at least 4 members (excludes halogenated alkanes) is 24. The maximum Gasteiger partial charge on any atom is 0.472 e. The number of esters is 1. The zero-order chi connectivity index (χ0) is 45.3. The number of phosphoric ester groups is 1. The summed E-state index contributed by atoms with van der Waals surface area (Å²) in [4.78, 5) is 34.1. The van der Waals surface area contributed by atoms with Crippen molar-refractivity contribution in [3.63, 3.8) is 0 Å². The fourth-order valence-corrected chi connectivity index (χ4v) is 7.59. The number of allylic oxidation sites excluding steroid dienone is 10. The molecule has 0 aliphatic heterocycles. The van der Waals surface area contributed by atoms with Crippen molar-refractivity contribution in [3.8, 4) is 0 Å². The van der Waals surface area contributed by atoms with Gasteiger partial charge >= 0.3 is 13.8 Å². The Hall–Kier alpha value is -2.29. The van der Waals surface area contributed by atoms with Crippen molar-refractivity contribution < 1.29 is 37.9 Å². The lowest BCUT2D eigenvalue weighted by atomic mass is 10.1. The van der Waals surface area contributed by atoms with Crippen LogP contribution >= 0.6 is 7.82 Å².